The largest absolute Gasteiger partial charge is 0.497 e. The van der Waals surface area contributed by atoms with Crippen molar-refractivity contribution >= 4 is 27.5 Å². The Balaban J connectivity index is 2.09. The van der Waals surface area contributed by atoms with Crippen LogP contribution in [0.5, 0.6) is 11.5 Å². The summed E-state index contributed by atoms with van der Waals surface area (Å²) in [4.78, 5) is 29.0. The average Bonchev–Trinajstić information content (AvgIpc) is 2.93. The van der Waals surface area contributed by atoms with Crippen LogP contribution in [0.2, 0.25) is 0 Å². The maximum absolute atomic E-state index is 14.1. The van der Waals surface area contributed by atoms with Gasteiger partial charge < -0.3 is 19.7 Å². The van der Waals surface area contributed by atoms with Crippen molar-refractivity contribution in [3.8, 4) is 11.5 Å². The fraction of sp³-hybridized carbons (Fsp3) is 0.333. The summed E-state index contributed by atoms with van der Waals surface area (Å²) in [5.74, 6) is 0.0446. The smallest absolute Gasteiger partial charge is 0.244 e. The second kappa shape index (κ2) is 13.8. The summed E-state index contributed by atoms with van der Waals surface area (Å²) < 4.78 is 37.8. The molecule has 0 aliphatic carbocycles. The summed E-state index contributed by atoms with van der Waals surface area (Å²) in [5.41, 5.74) is 2.64. The van der Waals surface area contributed by atoms with E-state index in [4.69, 9.17) is 9.47 Å². The summed E-state index contributed by atoms with van der Waals surface area (Å²) in [7, 11) is -0.918. The topological polar surface area (TPSA) is 105 Å². The first-order chi connectivity index (χ1) is 19.1. The van der Waals surface area contributed by atoms with Gasteiger partial charge in [0.25, 0.3) is 0 Å². The Labute approximate surface area is 236 Å². The highest BCUT2D eigenvalue weighted by molar-refractivity contribution is 7.92. The molecule has 40 heavy (non-hydrogen) atoms. The van der Waals surface area contributed by atoms with Gasteiger partial charge in [-0.15, -0.1) is 0 Å². The summed E-state index contributed by atoms with van der Waals surface area (Å²) in [6.45, 7) is 3.55. The van der Waals surface area contributed by atoms with Crippen LogP contribution in [0.1, 0.15) is 23.6 Å². The van der Waals surface area contributed by atoms with E-state index in [1.807, 2.05) is 43.3 Å². The number of rotatable bonds is 13. The maximum atomic E-state index is 14.1. The van der Waals surface area contributed by atoms with Crippen LogP contribution in [0.3, 0.4) is 0 Å². The lowest BCUT2D eigenvalue weighted by molar-refractivity contribution is -0.140. The second-order valence-corrected chi connectivity index (χ2v) is 11.3. The van der Waals surface area contributed by atoms with E-state index >= 15 is 0 Å². The van der Waals surface area contributed by atoms with E-state index in [1.165, 1.54) is 12.0 Å². The van der Waals surface area contributed by atoms with Crippen LogP contribution in [-0.4, -0.2) is 64.7 Å². The molecule has 0 heterocycles. The van der Waals surface area contributed by atoms with Gasteiger partial charge in [0.15, 0.2) is 0 Å². The molecule has 0 aromatic heterocycles. The van der Waals surface area contributed by atoms with E-state index in [1.54, 1.807) is 50.4 Å². The molecule has 0 fully saturated rings. The van der Waals surface area contributed by atoms with Gasteiger partial charge in [0.2, 0.25) is 21.8 Å². The van der Waals surface area contributed by atoms with Gasteiger partial charge in [0, 0.05) is 19.5 Å². The van der Waals surface area contributed by atoms with E-state index in [-0.39, 0.29) is 24.6 Å². The highest BCUT2D eigenvalue weighted by Crippen LogP contribution is 2.31. The number of benzene rings is 3. The Hall–Kier alpha value is -4.05. The molecule has 214 valence electrons. The molecule has 1 atom stereocenters. The van der Waals surface area contributed by atoms with Gasteiger partial charge in [-0.05, 0) is 54.8 Å². The van der Waals surface area contributed by atoms with E-state index in [9.17, 15) is 18.0 Å². The number of carbonyl (C=O) groups excluding carboxylic acids is 2. The third kappa shape index (κ3) is 7.98. The Morgan fingerprint density at radius 1 is 0.925 bits per heavy atom. The first-order valence-electron chi connectivity index (χ1n) is 12.9. The van der Waals surface area contributed by atoms with Crippen molar-refractivity contribution in [3.63, 3.8) is 0 Å². The maximum Gasteiger partial charge on any atom is 0.244 e. The van der Waals surface area contributed by atoms with Crippen molar-refractivity contribution in [2.75, 3.05) is 37.9 Å². The average molecular weight is 568 g/mol. The van der Waals surface area contributed by atoms with Crippen LogP contribution < -0.4 is 19.1 Å². The fourth-order valence-electron chi connectivity index (χ4n) is 4.40. The van der Waals surface area contributed by atoms with Gasteiger partial charge in [0.05, 0.1) is 26.2 Å². The Kier molecular flexibility index (Phi) is 10.6. The Morgan fingerprint density at radius 3 is 2.25 bits per heavy atom. The number of methoxy groups -OCH3 is 2. The molecule has 0 spiro atoms. The Morgan fingerprint density at radius 2 is 1.62 bits per heavy atom. The van der Waals surface area contributed by atoms with E-state index in [0.29, 0.717) is 18.0 Å². The van der Waals surface area contributed by atoms with Gasteiger partial charge in [-0.3, -0.25) is 13.9 Å². The lowest BCUT2D eigenvalue weighted by Gasteiger charge is -2.33. The number of hydrogen-bond acceptors (Lipinski definition) is 6. The SMILES string of the molecule is CCNC(=O)[C@H](Cc1ccccc1)N(Cc1cccc(OC)c1)C(=O)CN(c1cc(C)ccc1OC)S(C)(=O)=O. The van der Waals surface area contributed by atoms with Crippen molar-refractivity contribution < 1.29 is 27.5 Å². The fourth-order valence-corrected chi connectivity index (χ4v) is 5.25. The van der Waals surface area contributed by atoms with Crippen molar-refractivity contribution in [1.82, 2.24) is 10.2 Å². The third-order valence-electron chi connectivity index (χ3n) is 6.39. The van der Waals surface area contributed by atoms with Crippen molar-refractivity contribution in [2.24, 2.45) is 0 Å². The molecule has 3 rings (SSSR count). The summed E-state index contributed by atoms with van der Waals surface area (Å²) in [6, 6.07) is 20.8. The zero-order valence-electron chi connectivity index (χ0n) is 23.6. The summed E-state index contributed by atoms with van der Waals surface area (Å²) in [5, 5.41) is 2.84. The molecule has 0 aliphatic heterocycles. The quantitative estimate of drug-likeness (QED) is 0.339. The summed E-state index contributed by atoms with van der Waals surface area (Å²) >= 11 is 0. The minimum Gasteiger partial charge on any atom is -0.497 e. The molecule has 0 saturated heterocycles. The number of nitrogens with one attached hydrogen (secondary N) is 1. The molecule has 10 heteroatoms. The Bertz CT molecular complexity index is 1410. The number of amides is 2. The molecule has 1 N–H and O–H groups in total. The predicted molar refractivity (Wildman–Crippen MR) is 156 cm³/mol. The van der Waals surface area contributed by atoms with Crippen LogP contribution in [-0.2, 0) is 32.6 Å². The summed E-state index contributed by atoms with van der Waals surface area (Å²) in [6.07, 6.45) is 1.29. The molecule has 3 aromatic carbocycles. The highest BCUT2D eigenvalue weighted by Gasteiger charge is 2.33. The molecule has 9 nitrogen and oxygen atoms in total. The number of ether oxygens (including phenoxy) is 2. The number of likely N-dealkylation sites (N-methyl/N-ethyl adjacent to an activating group) is 1. The molecule has 0 unspecified atom stereocenters. The van der Waals surface area contributed by atoms with Crippen molar-refractivity contribution in [3.05, 3.63) is 89.5 Å². The molecule has 0 bridgehead atoms. The van der Waals surface area contributed by atoms with Crippen molar-refractivity contribution in [2.45, 2.75) is 32.9 Å². The van der Waals surface area contributed by atoms with Gasteiger partial charge in [0.1, 0.15) is 24.1 Å². The molecular formula is C30H37N3O6S. The molecule has 0 aliphatic rings. The van der Waals surface area contributed by atoms with Crippen LogP contribution in [0.4, 0.5) is 5.69 Å². The first-order valence-corrected chi connectivity index (χ1v) is 14.8. The molecular weight excluding hydrogens is 530 g/mol. The molecule has 0 saturated carbocycles. The highest BCUT2D eigenvalue weighted by atomic mass is 32.2. The van der Waals surface area contributed by atoms with Crippen molar-refractivity contribution in [1.29, 1.82) is 0 Å². The molecule has 3 aromatic rings. The lowest BCUT2D eigenvalue weighted by atomic mass is 10.0. The van der Waals surface area contributed by atoms with E-state index < -0.39 is 28.5 Å². The normalized spacial score (nSPS) is 11.8. The van der Waals surface area contributed by atoms with Gasteiger partial charge >= 0.3 is 0 Å². The van der Waals surface area contributed by atoms with Crippen LogP contribution in [0.15, 0.2) is 72.8 Å². The van der Waals surface area contributed by atoms with E-state index in [2.05, 4.69) is 5.32 Å². The third-order valence-corrected chi connectivity index (χ3v) is 7.52. The number of carbonyl (C=O) groups is 2. The number of nitrogens with zero attached hydrogens (tertiary/aromatic N) is 2. The molecule has 2 amide bonds. The number of aryl methyl sites for hydroxylation is 1. The van der Waals surface area contributed by atoms with Gasteiger partial charge in [-0.2, -0.15) is 0 Å². The second-order valence-electron chi connectivity index (χ2n) is 9.42. The minimum atomic E-state index is -3.91. The number of anilines is 1. The van der Waals surface area contributed by atoms with Crippen LogP contribution in [0, 0.1) is 6.92 Å². The zero-order chi connectivity index (χ0) is 29.3. The lowest BCUT2D eigenvalue weighted by Crippen LogP contribution is -2.53. The van der Waals surface area contributed by atoms with Gasteiger partial charge in [-0.25, -0.2) is 8.42 Å². The minimum absolute atomic E-state index is 0.0627. The monoisotopic (exact) mass is 567 g/mol. The standard InChI is InChI=1S/C30H37N3O6S/c1-6-31-30(35)27(19-23-11-8-7-9-12-23)32(20-24-13-10-14-25(18-24)38-3)29(34)21-33(40(5,36)37)26-17-22(2)15-16-28(26)39-4/h7-18,27H,6,19-21H2,1-5H3,(H,31,35)/t27-/m0/s1. The zero-order valence-corrected chi connectivity index (χ0v) is 24.4. The number of hydrogen-bond donors (Lipinski definition) is 1. The van der Waals surface area contributed by atoms with E-state index in [0.717, 1.165) is 27.3 Å². The van der Waals surface area contributed by atoms with Gasteiger partial charge in [-0.1, -0.05) is 48.5 Å². The molecule has 0 radical (unpaired) electrons. The number of sulfonamides is 1. The first kappa shape index (κ1) is 30.5. The van der Waals surface area contributed by atoms with Crippen LogP contribution >= 0.6 is 0 Å². The predicted octanol–water partition coefficient (Wildman–Crippen LogP) is 3.55. The van der Waals surface area contributed by atoms with Crippen LogP contribution in [0.25, 0.3) is 0 Å².